The zero-order valence-electron chi connectivity index (χ0n) is 33.1. The first-order valence-corrected chi connectivity index (χ1v) is 20.5. The van der Waals surface area contributed by atoms with Crippen LogP contribution in [0.5, 0.6) is 0 Å². The van der Waals surface area contributed by atoms with Crippen molar-refractivity contribution in [3.8, 4) is 89.8 Å². The molecule has 0 saturated carbocycles. The molecule has 11 aromatic rings. The van der Waals surface area contributed by atoms with Gasteiger partial charge in [0.05, 0.1) is 0 Å². The summed E-state index contributed by atoms with van der Waals surface area (Å²) < 4.78 is 6.44. The highest BCUT2D eigenvalue weighted by Gasteiger charge is 2.20. The van der Waals surface area contributed by atoms with Crippen LogP contribution < -0.4 is 0 Å². The topological polar surface area (TPSA) is 51.8 Å². The van der Waals surface area contributed by atoms with E-state index in [0.29, 0.717) is 17.5 Å². The molecule has 2 aromatic heterocycles. The van der Waals surface area contributed by atoms with Crippen LogP contribution in [0.3, 0.4) is 0 Å². The lowest BCUT2D eigenvalue weighted by atomic mass is 9.84. The van der Waals surface area contributed by atoms with Gasteiger partial charge in [-0.05, 0) is 98.1 Å². The zero-order valence-corrected chi connectivity index (χ0v) is 33.1. The van der Waals surface area contributed by atoms with Gasteiger partial charge in [0.25, 0.3) is 0 Å². The maximum absolute atomic E-state index is 6.44. The molecule has 0 spiro atoms. The Morgan fingerprint density at radius 2 is 0.672 bits per heavy atom. The van der Waals surface area contributed by atoms with Gasteiger partial charge in [-0.2, -0.15) is 0 Å². The van der Waals surface area contributed by atoms with E-state index < -0.39 is 0 Å². The average Bonchev–Trinajstić information content (AvgIpc) is 3.73. The Bertz CT molecular complexity index is 3280. The zero-order chi connectivity index (χ0) is 40.5. The molecule has 0 N–H and O–H groups in total. The molecule has 2 heterocycles. The van der Waals surface area contributed by atoms with Crippen molar-refractivity contribution >= 4 is 21.9 Å². The van der Waals surface area contributed by atoms with Gasteiger partial charge >= 0.3 is 0 Å². The van der Waals surface area contributed by atoms with Gasteiger partial charge in [0.15, 0.2) is 17.5 Å². The van der Waals surface area contributed by atoms with Gasteiger partial charge in [0, 0.05) is 27.5 Å². The van der Waals surface area contributed by atoms with Crippen LogP contribution >= 0.6 is 0 Å². The SMILES string of the molecule is c1ccc(-c2cc(-c3cccc(-c4cccc(-c5nc(-c6ccccc6)nc(-c6ccccc6)n5)c4)c3)c(-c3ccccc3)c(-c3ccc4c(c3)oc3ccccc34)c2)cc1. The number of benzene rings is 9. The van der Waals surface area contributed by atoms with Crippen molar-refractivity contribution in [2.45, 2.75) is 0 Å². The van der Waals surface area contributed by atoms with Crippen molar-refractivity contribution in [3.63, 3.8) is 0 Å². The summed E-state index contributed by atoms with van der Waals surface area (Å²) in [5.41, 5.74) is 15.8. The highest BCUT2D eigenvalue weighted by atomic mass is 16.3. The molecular formula is C57H37N3O. The highest BCUT2D eigenvalue weighted by Crippen LogP contribution is 2.45. The lowest BCUT2D eigenvalue weighted by molar-refractivity contribution is 0.669. The second-order valence-electron chi connectivity index (χ2n) is 15.2. The monoisotopic (exact) mass is 779 g/mol. The van der Waals surface area contributed by atoms with Crippen LogP contribution in [0.2, 0.25) is 0 Å². The van der Waals surface area contributed by atoms with E-state index in [1.54, 1.807) is 0 Å². The first-order valence-electron chi connectivity index (χ1n) is 20.5. The number of hydrogen-bond donors (Lipinski definition) is 0. The second kappa shape index (κ2) is 15.5. The molecule has 0 bridgehead atoms. The van der Waals surface area contributed by atoms with Gasteiger partial charge in [0.2, 0.25) is 0 Å². The summed E-state index contributed by atoms with van der Waals surface area (Å²) in [5, 5.41) is 2.23. The lowest BCUT2D eigenvalue weighted by Gasteiger charge is -2.19. The highest BCUT2D eigenvalue weighted by molar-refractivity contribution is 6.07. The smallest absolute Gasteiger partial charge is 0.164 e. The molecule has 0 saturated heterocycles. The number of furan rings is 1. The van der Waals surface area contributed by atoms with Gasteiger partial charge < -0.3 is 4.42 Å². The van der Waals surface area contributed by atoms with Crippen LogP contribution in [0.1, 0.15) is 0 Å². The van der Waals surface area contributed by atoms with Crippen molar-refractivity contribution in [2.75, 3.05) is 0 Å². The summed E-state index contributed by atoms with van der Waals surface area (Å²) in [5.74, 6) is 1.90. The van der Waals surface area contributed by atoms with Crippen molar-refractivity contribution in [3.05, 3.63) is 224 Å². The van der Waals surface area contributed by atoms with Gasteiger partial charge in [0.1, 0.15) is 11.2 Å². The van der Waals surface area contributed by atoms with E-state index in [2.05, 4.69) is 152 Å². The molecule has 61 heavy (non-hydrogen) atoms. The normalized spacial score (nSPS) is 11.3. The molecule has 0 aliphatic heterocycles. The van der Waals surface area contributed by atoms with Crippen molar-refractivity contribution in [1.29, 1.82) is 0 Å². The van der Waals surface area contributed by atoms with Crippen LogP contribution in [-0.4, -0.2) is 15.0 Å². The fourth-order valence-corrected chi connectivity index (χ4v) is 8.35. The number of para-hydroxylation sites is 1. The fourth-order valence-electron chi connectivity index (χ4n) is 8.35. The molecule has 0 aliphatic carbocycles. The Hall–Kier alpha value is -8.21. The van der Waals surface area contributed by atoms with Crippen LogP contribution in [-0.2, 0) is 0 Å². The summed E-state index contributed by atoms with van der Waals surface area (Å²) in [4.78, 5) is 15.0. The summed E-state index contributed by atoms with van der Waals surface area (Å²) in [7, 11) is 0. The fraction of sp³-hybridized carbons (Fsp3) is 0. The van der Waals surface area contributed by atoms with Crippen molar-refractivity contribution < 1.29 is 4.42 Å². The minimum atomic E-state index is 0.624. The maximum Gasteiger partial charge on any atom is 0.164 e. The third-order valence-electron chi connectivity index (χ3n) is 11.3. The van der Waals surface area contributed by atoms with Gasteiger partial charge in [-0.25, -0.2) is 15.0 Å². The third-order valence-corrected chi connectivity index (χ3v) is 11.3. The van der Waals surface area contributed by atoms with E-state index >= 15 is 0 Å². The third kappa shape index (κ3) is 6.96. The Balaban J connectivity index is 1.08. The van der Waals surface area contributed by atoms with Gasteiger partial charge in [-0.15, -0.1) is 0 Å². The largest absolute Gasteiger partial charge is 0.456 e. The van der Waals surface area contributed by atoms with Gasteiger partial charge in [-0.1, -0.05) is 182 Å². The summed E-state index contributed by atoms with van der Waals surface area (Å²) in [6, 6.07) is 78.5. The first kappa shape index (κ1) is 35.9. The lowest BCUT2D eigenvalue weighted by Crippen LogP contribution is -2.00. The average molecular weight is 780 g/mol. The number of nitrogens with zero attached hydrogens (tertiary/aromatic N) is 3. The number of rotatable bonds is 8. The molecule has 0 unspecified atom stereocenters. The number of hydrogen-bond acceptors (Lipinski definition) is 4. The molecule has 286 valence electrons. The summed E-state index contributed by atoms with van der Waals surface area (Å²) >= 11 is 0. The Labute approximate surface area is 354 Å². The van der Waals surface area contributed by atoms with Crippen LogP contribution in [0, 0.1) is 0 Å². The summed E-state index contributed by atoms with van der Waals surface area (Å²) in [6.07, 6.45) is 0. The van der Waals surface area contributed by atoms with E-state index in [9.17, 15) is 0 Å². The van der Waals surface area contributed by atoms with Crippen molar-refractivity contribution in [2.24, 2.45) is 0 Å². The summed E-state index contributed by atoms with van der Waals surface area (Å²) in [6.45, 7) is 0. The molecule has 4 heteroatoms. The van der Waals surface area contributed by atoms with Crippen LogP contribution in [0.4, 0.5) is 0 Å². The Morgan fingerprint density at radius 1 is 0.246 bits per heavy atom. The molecule has 0 fully saturated rings. The molecule has 11 rings (SSSR count). The van der Waals surface area contributed by atoms with E-state index in [1.165, 1.54) is 0 Å². The molecule has 0 aliphatic rings. The molecule has 0 amide bonds. The molecular weight excluding hydrogens is 743 g/mol. The minimum Gasteiger partial charge on any atom is -0.456 e. The molecule has 4 nitrogen and oxygen atoms in total. The van der Waals surface area contributed by atoms with E-state index in [4.69, 9.17) is 19.4 Å². The molecule has 9 aromatic carbocycles. The van der Waals surface area contributed by atoms with Crippen LogP contribution in [0.15, 0.2) is 229 Å². The quantitative estimate of drug-likeness (QED) is 0.154. The second-order valence-corrected chi connectivity index (χ2v) is 15.2. The predicted molar refractivity (Wildman–Crippen MR) is 251 cm³/mol. The Morgan fingerprint density at radius 3 is 1.28 bits per heavy atom. The van der Waals surface area contributed by atoms with E-state index in [1.807, 2.05) is 72.8 Å². The van der Waals surface area contributed by atoms with E-state index in [-0.39, 0.29) is 0 Å². The number of fused-ring (bicyclic) bond motifs is 3. The Kier molecular flexibility index (Phi) is 9.14. The van der Waals surface area contributed by atoms with Crippen molar-refractivity contribution in [1.82, 2.24) is 15.0 Å². The number of aromatic nitrogens is 3. The minimum absolute atomic E-state index is 0.624. The maximum atomic E-state index is 6.44. The standard InChI is InChI=1S/C57H37N3O/c1-5-17-38(18-6-1)47-35-50(54(39-19-7-2-8-20-39)51(36-47)45-31-32-49-48-29-13-14-30-52(48)61-53(49)37-45)44-27-15-25-42(33-44)43-26-16-28-46(34-43)57-59-55(40-21-9-3-10-22-40)58-56(60-57)41-23-11-4-12-24-41/h1-37H. The molecule has 0 radical (unpaired) electrons. The predicted octanol–water partition coefficient (Wildman–Crippen LogP) is 15.1. The first-order chi connectivity index (χ1) is 30.2. The van der Waals surface area contributed by atoms with Crippen LogP contribution in [0.25, 0.3) is 112 Å². The van der Waals surface area contributed by atoms with E-state index in [0.717, 1.165) is 94.3 Å². The van der Waals surface area contributed by atoms with Gasteiger partial charge in [-0.3, -0.25) is 0 Å². The molecule has 0 atom stereocenters.